The van der Waals surface area contributed by atoms with E-state index < -0.39 is 0 Å². The molecule has 2 rings (SSSR count). The van der Waals surface area contributed by atoms with Crippen LogP contribution in [0.2, 0.25) is 0 Å². The number of nitrogens with zero attached hydrogens (tertiary/aromatic N) is 1. The number of ether oxygens (including phenoxy) is 1. The Hall–Kier alpha value is -1.02. The smallest absolute Gasteiger partial charge is 0.293 e. The predicted octanol–water partition coefficient (Wildman–Crippen LogP) is 4.13. The number of benzene rings is 1. The molecule has 1 aliphatic heterocycles. The fourth-order valence-electron chi connectivity index (χ4n) is 1.97. The molecule has 0 aliphatic carbocycles. The maximum Gasteiger partial charge on any atom is 0.293 e. The number of methoxy groups -OCH3 is 1. The lowest BCUT2D eigenvalue weighted by molar-refractivity contribution is -0.124. The van der Waals surface area contributed by atoms with E-state index in [1.807, 2.05) is 32.0 Å². The van der Waals surface area contributed by atoms with Gasteiger partial charge >= 0.3 is 0 Å². The molecule has 112 valence electrons. The number of hydrogen-bond donors (Lipinski definition) is 0. The highest BCUT2D eigenvalue weighted by atomic mass is 127. The van der Waals surface area contributed by atoms with Gasteiger partial charge in [-0.25, -0.2) is 0 Å². The van der Waals surface area contributed by atoms with E-state index in [1.165, 1.54) is 4.90 Å². The topological polar surface area (TPSA) is 46.6 Å². The summed E-state index contributed by atoms with van der Waals surface area (Å²) in [6, 6.07) is 5.58. The number of rotatable bonds is 4. The fraction of sp³-hybridized carbons (Fsp3) is 0.333. The van der Waals surface area contributed by atoms with Crippen molar-refractivity contribution in [1.82, 2.24) is 4.90 Å². The second-order valence-electron chi connectivity index (χ2n) is 4.70. The van der Waals surface area contributed by atoms with Crippen LogP contribution >= 0.6 is 34.4 Å². The van der Waals surface area contributed by atoms with Crippen molar-refractivity contribution >= 4 is 51.6 Å². The average Bonchev–Trinajstić information content (AvgIpc) is 2.73. The largest absolute Gasteiger partial charge is 0.496 e. The van der Waals surface area contributed by atoms with E-state index >= 15 is 0 Å². The number of thioether (sulfide) groups is 1. The molecule has 0 spiro atoms. The van der Waals surface area contributed by atoms with Crippen molar-refractivity contribution in [1.29, 1.82) is 0 Å². The summed E-state index contributed by atoms with van der Waals surface area (Å²) in [6.45, 7) is 3.85. The summed E-state index contributed by atoms with van der Waals surface area (Å²) in [6.07, 6.45) is 2.51. The van der Waals surface area contributed by atoms with Gasteiger partial charge in [0.2, 0.25) is 0 Å². The van der Waals surface area contributed by atoms with Crippen molar-refractivity contribution in [3.05, 3.63) is 32.2 Å². The van der Waals surface area contributed by atoms with Crippen LogP contribution in [0.1, 0.15) is 25.8 Å². The molecule has 1 saturated heterocycles. The Labute approximate surface area is 142 Å². The van der Waals surface area contributed by atoms with E-state index in [9.17, 15) is 9.59 Å². The first kappa shape index (κ1) is 16.4. The molecule has 1 atom stereocenters. The molecule has 1 aromatic carbocycles. The third kappa shape index (κ3) is 3.42. The monoisotopic (exact) mass is 417 g/mol. The standard InChI is InChI=1S/C15H16INO3S/c1-4-9(2)17-14(18)13(21-15(17)19)8-10-5-6-12(20-3)11(16)7-10/h5-9H,4H2,1-3H3/b13-8+/t9-/m1/s1. The van der Waals surface area contributed by atoms with E-state index in [0.29, 0.717) is 4.91 Å². The van der Waals surface area contributed by atoms with Crippen molar-refractivity contribution in [2.75, 3.05) is 7.11 Å². The first-order valence-corrected chi connectivity index (χ1v) is 8.48. The minimum Gasteiger partial charge on any atom is -0.496 e. The van der Waals surface area contributed by atoms with Crippen LogP contribution in [0.25, 0.3) is 6.08 Å². The third-order valence-electron chi connectivity index (χ3n) is 3.33. The molecule has 0 radical (unpaired) electrons. The SMILES string of the molecule is CC[C@@H](C)N1C(=O)S/C(=C/c2ccc(OC)c(I)c2)C1=O. The predicted molar refractivity (Wildman–Crippen MR) is 93.3 cm³/mol. The van der Waals surface area contributed by atoms with Gasteiger partial charge in [-0.2, -0.15) is 0 Å². The van der Waals surface area contributed by atoms with Crippen molar-refractivity contribution in [3.8, 4) is 5.75 Å². The Bertz CT molecular complexity index is 615. The number of carbonyl (C=O) groups is 2. The van der Waals surface area contributed by atoms with Crippen molar-refractivity contribution < 1.29 is 14.3 Å². The zero-order chi connectivity index (χ0) is 15.6. The maximum atomic E-state index is 12.3. The van der Waals surface area contributed by atoms with E-state index in [1.54, 1.807) is 13.2 Å². The molecule has 1 fully saturated rings. The molecule has 0 saturated carbocycles. The van der Waals surface area contributed by atoms with Gasteiger partial charge in [-0.3, -0.25) is 14.5 Å². The Morgan fingerprint density at radius 3 is 2.71 bits per heavy atom. The molecule has 1 aliphatic rings. The van der Waals surface area contributed by atoms with Crippen LogP contribution in [-0.2, 0) is 4.79 Å². The van der Waals surface area contributed by atoms with Gasteiger partial charge in [0.15, 0.2) is 0 Å². The van der Waals surface area contributed by atoms with E-state index in [4.69, 9.17) is 4.74 Å². The van der Waals surface area contributed by atoms with Crippen LogP contribution < -0.4 is 4.74 Å². The summed E-state index contributed by atoms with van der Waals surface area (Å²) >= 11 is 3.18. The molecule has 0 bridgehead atoms. The lowest BCUT2D eigenvalue weighted by Gasteiger charge is -2.19. The number of hydrogen-bond acceptors (Lipinski definition) is 4. The molecular formula is C15H16INO3S. The molecule has 1 aromatic rings. The summed E-state index contributed by atoms with van der Waals surface area (Å²) in [5.41, 5.74) is 0.884. The molecule has 0 N–H and O–H groups in total. The van der Waals surface area contributed by atoms with Gasteiger partial charge in [-0.1, -0.05) is 13.0 Å². The number of amides is 2. The maximum absolute atomic E-state index is 12.3. The van der Waals surface area contributed by atoms with Gasteiger partial charge in [0.1, 0.15) is 5.75 Å². The molecule has 2 amide bonds. The van der Waals surface area contributed by atoms with E-state index in [2.05, 4.69) is 22.6 Å². The van der Waals surface area contributed by atoms with Crippen LogP contribution in [0.15, 0.2) is 23.1 Å². The van der Waals surface area contributed by atoms with E-state index in [0.717, 1.165) is 33.1 Å². The normalized spacial score (nSPS) is 18.5. The number of imide groups is 1. The molecule has 6 heteroatoms. The Morgan fingerprint density at radius 2 is 2.14 bits per heavy atom. The zero-order valence-electron chi connectivity index (χ0n) is 12.1. The lowest BCUT2D eigenvalue weighted by Crippen LogP contribution is -2.36. The molecule has 0 aromatic heterocycles. The Kier molecular flexibility index (Phi) is 5.32. The lowest BCUT2D eigenvalue weighted by atomic mass is 10.2. The first-order chi connectivity index (χ1) is 9.97. The molecule has 4 nitrogen and oxygen atoms in total. The van der Waals surface area contributed by atoms with Gasteiger partial charge in [0.25, 0.3) is 11.1 Å². The van der Waals surface area contributed by atoms with Gasteiger partial charge in [0, 0.05) is 6.04 Å². The van der Waals surface area contributed by atoms with Crippen LogP contribution in [0.3, 0.4) is 0 Å². The quantitative estimate of drug-likeness (QED) is 0.546. The zero-order valence-corrected chi connectivity index (χ0v) is 15.0. The minimum atomic E-state index is -0.204. The Balaban J connectivity index is 2.28. The second-order valence-corrected chi connectivity index (χ2v) is 6.86. The highest BCUT2D eigenvalue weighted by Crippen LogP contribution is 2.34. The van der Waals surface area contributed by atoms with Gasteiger partial charge < -0.3 is 4.74 Å². The summed E-state index contributed by atoms with van der Waals surface area (Å²) < 4.78 is 6.17. The highest BCUT2D eigenvalue weighted by molar-refractivity contribution is 14.1. The highest BCUT2D eigenvalue weighted by Gasteiger charge is 2.37. The van der Waals surface area contributed by atoms with Gasteiger partial charge in [-0.15, -0.1) is 0 Å². The second kappa shape index (κ2) is 6.83. The van der Waals surface area contributed by atoms with Crippen molar-refractivity contribution in [2.45, 2.75) is 26.3 Å². The molecule has 1 heterocycles. The molecule has 21 heavy (non-hydrogen) atoms. The van der Waals surface area contributed by atoms with Gasteiger partial charge in [0.05, 0.1) is 15.6 Å². The van der Waals surface area contributed by atoms with Crippen molar-refractivity contribution in [2.24, 2.45) is 0 Å². The van der Waals surface area contributed by atoms with E-state index in [-0.39, 0.29) is 17.2 Å². The minimum absolute atomic E-state index is 0.0700. The third-order valence-corrected chi connectivity index (χ3v) is 5.06. The first-order valence-electron chi connectivity index (χ1n) is 6.58. The van der Waals surface area contributed by atoms with Crippen LogP contribution in [0, 0.1) is 3.57 Å². The number of carbonyl (C=O) groups excluding carboxylic acids is 2. The van der Waals surface area contributed by atoms with Crippen LogP contribution in [-0.4, -0.2) is 29.2 Å². The fourth-order valence-corrected chi connectivity index (χ4v) is 3.66. The summed E-state index contributed by atoms with van der Waals surface area (Å²) in [4.78, 5) is 26.1. The summed E-state index contributed by atoms with van der Waals surface area (Å²) in [7, 11) is 1.62. The molecular weight excluding hydrogens is 401 g/mol. The summed E-state index contributed by atoms with van der Waals surface area (Å²) in [5, 5.41) is -0.191. The molecule has 0 unspecified atom stereocenters. The number of halogens is 1. The van der Waals surface area contributed by atoms with Crippen LogP contribution in [0.5, 0.6) is 5.75 Å². The van der Waals surface area contributed by atoms with Crippen LogP contribution in [0.4, 0.5) is 4.79 Å². The van der Waals surface area contributed by atoms with Gasteiger partial charge in [-0.05, 0) is 71.5 Å². The summed E-state index contributed by atoms with van der Waals surface area (Å²) in [5.74, 6) is 0.589. The Morgan fingerprint density at radius 1 is 1.43 bits per heavy atom. The van der Waals surface area contributed by atoms with Crippen molar-refractivity contribution in [3.63, 3.8) is 0 Å². The average molecular weight is 417 g/mol.